The van der Waals surface area contributed by atoms with Gasteiger partial charge in [0, 0.05) is 25.2 Å². The van der Waals surface area contributed by atoms with Crippen molar-refractivity contribution in [3.05, 3.63) is 35.9 Å². The van der Waals surface area contributed by atoms with Crippen molar-refractivity contribution < 1.29 is 14.6 Å². The quantitative estimate of drug-likeness (QED) is 0.836. The van der Waals surface area contributed by atoms with Crippen LogP contribution in [0.5, 0.6) is 0 Å². The first kappa shape index (κ1) is 18.9. The van der Waals surface area contributed by atoms with Gasteiger partial charge in [-0.2, -0.15) is 0 Å². The van der Waals surface area contributed by atoms with Crippen LogP contribution in [0.3, 0.4) is 0 Å². The molecular weight excluding hydrogens is 304 g/mol. The third-order valence-electron chi connectivity index (χ3n) is 4.56. The largest absolute Gasteiger partial charge is 0.388 e. The number of hydrogen-bond donors (Lipinski definition) is 2. The Morgan fingerprint density at radius 2 is 1.88 bits per heavy atom. The highest BCUT2D eigenvalue weighted by Gasteiger charge is 2.33. The van der Waals surface area contributed by atoms with E-state index >= 15 is 0 Å². The SMILES string of the molecule is CC1CN(C(C)(C)CNC(=O)CC(O)c2ccccc2)CC(C)O1. The van der Waals surface area contributed by atoms with Gasteiger partial charge in [0.15, 0.2) is 0 Å². The number of morpholine rings is 1. The van der Waals surface area contributed by atoms with E-state index in [1.165, 1.54) is 0 Å². The first-order valence-electron chi connectivity index (χ1n) is 8.68. The van der Waals surface area contributed by atoms with Crippen molar-refractivity contribution in [2.24, 2.45) is 0 Å². The van der Waals surface area contributed by atoms with Crippen LogP contribution in [-0.4, -0.2) is 53.3 Å². The minimum Gasteiger partial charge on any atom is -0.388 e. The first-order valence-corrected chi connectivity index (χ1v) is 8.68. The summed E-state index contributed by atoms with van der Waals surface area (Å²) in [6.45, 7) is 10.7. The van der Waals surface area contributed by atoms with Gasteiger partial charge in [-0.3, -0.25) is 9.69 Å². The number of carbonyl (C=O) groups excluding carboxylic acids is 1. The van der Waals surface area contributed by atoms with Gasteiger partial charge in [-0.25, -0.2) is 0 Å². The van der Waals surface area contributed by atoms with Crippen LogP contribution in [0.25, 0.3) is 0 Å². The fourth-order valence-electron chi connectivity index (χ4n) is 3.14. The van der Waals surface area contributed by atoms with Gasteiger partial charge in [-0.15, -0.1) is 0 Å². The molecule has 1 aliphatic rings. The van der Waals surface area contributed by atoms with E-state index in [9.17, 15) is 9.90 Å². The van der Waals surface area contributed by atoms with E-state index in [1.807, 2.05) is 30.3 Å². The summed E-state index contributed by atoms with van der Waals surface area (Å²) in [7, 11) is 0. The lowest BCUT2D eigenvalue weighted by Gasteiger charge is -2.45. The Bertz CT molecular complexity index is 523. The number of aliphatic hydroxyl groups excluding tert-OH is 1. The van der Waals surface area contributed by atoms with Crippen molar-refractivity contribution in [2.45, 2.75) is 58.0 Å². The molecule has 1 aromatic rings. The second-order valence-corrected chi connectivity index (χ2v) is 7.38. The van der Waals surface area contributed by atoms with Crippen molar-refractivity contribution in [3.63, 3.8) is 0 Å². The molecular formula is C19H30N2O3. The molecule has 0 aliphatic carbocycles. The second kappa shape index (κ2) is 8.10. The van der Waals surface area contributed by atoms with Gasteiger partial charge in [-0.1, -0.05) is 30.3 Å². The minimum absolute atomic E-state index is 0.0794. The number of nitrogens with zero attached hydrogens (tertiary/aromatic N) is 1. The van der Waals surface area contributed by atoms with Gasteiger partial charge in [-0.05, 0) is 33.3 Å². The lowest BCUT2D eigenvalue weighted by molar-refractivity contribution is -0.124. The third-order valence-corrected chi connectivity index (χ3v) is 4.56. The number of carbonyl (C=O) groups is 1. The molecule has 3 unspecified atom stereocenters. The molecule has 1 amide bonds. The Morgan fingerprint density at radius 1 is 1.29 bits per heavy atom. The number of benzene rings is 1. The normalized spacial score (nSPS) is 23.7. The van der Waals surface area contributed by atoms with Gasteiger partial charge in [0.05, 0.1) is 24.7 Å². The summed E-state index contributed by atoms with van der Waals surface area (Å²) < 4.78 is 5.78. The van der Waals surface area contributed by atoms with E-state index in [1.54, 1.807) is 0 Å². The van der Waals surface area contributed by atoms with Gasteiger partial charge in [0.2, 0.25) is 5.91 Å². The molecule has 3 atom stereocenters. The molecule has 134 valence electrons. The van der Waals surface area contributed by atoms with E-state index < -0.39 is 6.10 Å². The van der Waals surface area contributed by atoms with Crippen LogP contribution in [0, 0.1) is 0 Å². The number of nitrogens with one attached hydrogen (secondary N) is 1. The van der Waals surface area contributed by atoms with Crippen LogP contribution in [0.1, 0.15) is 45.8 Å². The highest BCUT2D eigenvalue weighted by atomic mass is 16.5. The van der Waals surface area contributed by atoms with E-state index in [0.717, 1.165) is 18.7 Å². The predicted molar refractivity (Wildman–Crippen MR) is 94.7 cm³/mol. The van der Waals surface area contributed by atoms with E-state index in [4.69, 9.17) is 4.74 Å². The van der Waals surface area contributed by atoms with Crippen molar-refractivity contribution >= 4 is 5.91 Å². The van der Waals surface area contributed by atoms with Crippen molar-refractivity contribution in [1.29, 1.82) is 0 Å². The number of hydrogen-bond acceptors (Lipinski definition) is 4. The van der Waals surface area contributed by atoms with Crippen molar-refractivity contribution in [3.8, 4) is 0 Å². The van der Waals surface area contributed by atoms with E-state index in [0.29, 0.717) is 6.54 Å². The average Bonchev–Trinajstić information content (AvgIpc) is 2.53. The molecule has 1 aromatic carbocycles. The highest BCUT2D eigenvalue weighted by Crippen LogP contribution is 2.21. The molecule has 5 heteroatoms. The van der Waals surface area contributed by atoms with Crippen molar-refractivity contribution in [2.75, 3.05) is 19.6 Å². The Hall–Kier alpha value is -1.43. The molecule has 0 bridgehead atoms. The molecule has 2 N–H and O–H groups in total. The molecule has 0 spiro atoms. The molecule has 2 rings (SSSR count). The molecule has 1 saturated heterocycles. The maximum Gasteiger partial charge on any atom is 0.223 e. The highest BCUT2D eigenvalue weighted by molar-refractivity contribution is 5.76. The summed E-state index contributed by atoms with van der Waals surface area (Å²) in [6, 6.07) is 9.28. The van der Waals surface area contributed by atoms with Crippen LogP contribution < -0.4 is 5.32 Å². The lowest BCUT2D eigenvalue weighted by Crippen LogP contribution is -2.58. The Kier molecular flexibility index (Phi) is 6.38. The number of rotatable bonds is 6. The Balaban J connectivity index is 1.83. The fourth-order valence-corrected chi connectivity index (χ4v) is 3.14. The lowest BCUT2D eigenvalue weighted by atomic mass is 9.99. The summed E-state index contributed by atoms with van der Waals surface area (Å²) in [4.78, 5) is 14.5. The van der Waals surface area contributed by atoms with E-state index in [-0.39, 0.29) is 30.1 Å². The van der Waals surface area contributed by atoms with Gasteiger partial charge >= 0.3 is 0 Å². The first-order chi connectivity index (χ1) is 11.3. The second-order valence-electron chi connectivity index (χ2n) is 7.38. The van der Waals surface area contributed by atoms with Gasteiger partial charge in [0.1, 0.15) is 0 Å². The summed E-state index contributed by atoms with van der Waals surface area (Å²) in [5, 5.41) is 13.1. The van der Waals surface area contributed by atoms with Crippen LogP contribution in [0.2, 0.25) is 0 Å². The van der Waals surface area contributed by atoms with Crippen LogP contribution in [-0.2, 0) is 9.53 Å². The zero-order valence-electron chi connectivity index (χ0n) is 15.2. The number of aliphatic hydroxyl groups is 1. The van der Waals surface area contributed by atoms with Gasteiger partial charge in [0.25, 0.3) is 0 Å². The number of amides is 1. The van der Waals surface area contributed by atoms with Crippen LogP contribution >= 0.6 is 0 Å². The standard InChI is InChI=1S/C19H30N2O3/c1-14-11-21(12-15(2)24-14)19(3,4)13-20-18(23)10-17(22)16-8-6-5-7-9-16/h5-9,14-15,17,22H,10-13H2,1-4H3,(H,20,23). The topological polar surface area (TPSA) is 61.8 Å². The summed E-state index contributed by atoms with van der Waals surface area (Å²) in [6.07, 6.45) is -0.291. The third kappa shape index (κ3) is 5.30. The van der Waals surface area contributed by atoms with E-state index in [2.05, 4.69) is 37.9 Å². The molecule has 5 nitrogen and oxygen atoms in total. The fraction of sp³-hybridized carbons (Fsp3) is 0.632. The maximum absolute atomic E-state index is 12.2. The van der Waals surface area contributed by atoms with Crippen LogP contribution in [0.15, 0.2) is 30.3 Å². The molecule has 1 aliphatic heterocycles. The summed E-state index contributed by atoms with van der Waals surface area (Å²) >= 11 is 0. The summed E-state index contributed by atoms with van der Waals surface area (Å²) in [5.41, 5.74) is 0.613. The molecule has 1 heterocycles. The number of ether oxygens (including phenoxy) is 1. The predicted octanol–water partition coefficient (Wildman–Crippen LogP) is 2.11. The minimum atomic E-state index is -0.766. The van der Waals surface area contributed by atoms with Crippen LogP contribution in [0.4, 0.5) is 0 Å². The zero-order valence-corrected chi connectivity index (χ0v) is 15.2. The zero-order chi connectivity index (χ0) is 17.7. The van der Waals surface area contributed by atoms with Gasteiger partial charge < -0.3 is 15.2 Å². The van der Waals surface area contributed by atoms with Crippen molar-refractivity contribution in [1.82, 2.24) is 10.2 Å². The smallest absolute Gasteiger partial charge is 0.223 e. The molecule has 0 aromatic heterocycles. The molecule has 0 radical (unpaired) electrons. The molecule has 1 fully saturated rings. The molecule has 24 heavy (non-hydrogen) atoms. The Labute approximate surface area is 145 Å². The average molecular weight is 334 g/mol. The maximum atomic E-state index is 12.2. The molecule has 0 saturated carbocycles. The summed E-state index contributed by atoms with van der Waals surface area (Å²) in [5.74, 6) is -0.131. The monoisotopic (exact) mass is 334 g/mol. The Morgan fingerprint density at radius 3 is 2.46 bits per heavy atom.